The molecule has 152 valence electrons. The number of aromatic amines is 1. The maximum absolute atomic E-state index is 12.7. The van der Waals surface area contributed by atoms with Crippen LogP contribution in [-0.4, -0.2) is 30.8 Å². The zero-order valence-electron chi connectivity index (χ0n) is 15.6. The van der Waals surface area contributed by atoms with Gasteiger partial charge < -0.3 is 5.32 Å². The highest BCUT2D eigenvalue weighted by Gasteiger charge is 2.17. The summed E-state index contributed by atoms with van der Waals surface area (Å²) >= 11 is 12.5. The molecule has 1 aromatic heterocycles. The van der Waals surface area contributed by atoms with Crippen molar-refractivity contribution in [3.8, 4) is 11.3 Å². The smallest absolute Gasteiger partial charge is 0.257 e. The molecule has 30 heavy (non-hydrogen) atoms. The van der Waals surface area contributed by atoms with Crippen molar-refractivity contribution < 1.29 is 13.2 Å². The number of aromatic nitrogens is 2. The molecule has 0 radical (unpaired) electrons. The van der Waals surface area contributed by atoms with E-state index in [9.17, 15) is 13.2 Å². The molecule has 4 rings (SSSR count). The fourth-order valence-corrected chi connectivity index (χ4v) is 4.25. The molecule has 0 aliphatic rings. The molecule has 0 spiro atoms. The minimum atomic E-state index is -3.42. The van der Waals surface area contributed by atoms with Gasteiger partial charge in [-0.15, -0.1) is 0 Å². The summed E-state index contributed by atoms with van der Waals surface area (Å²) in [6, 6.07) is 16.7. The lowest BCUT2D eigenvalue weighted by molar-refractivity contribution is 0.102. The number of nitrogens with zero attached hydrogens (tertiary/aromatic N) is 1. The number of hydrogen-bond acceptors (Lipinski definition) is 4. The molecule has 0 bridgehead atoms. The van der Waals surface area contributed by atoms with Gasteiger partial charge in [0.15, 0.2) is 9.84 Å². The number of nitrogens with one attached hydrogen (secondary N) is 2. The molecule has 0 aliphatic heterocycles. The summed E-state index contributed by atoms with van der Waals surface area (Å²) in [5.74, 6) is -0.472. The molecule has 0 unspecified atom stereocenters. The van der Waals surface area contributed by atoms with Crippen molar-refractivity contribution in [3.05, 3.63) is 76.3 Å². The summed E-state index contributed by atoms with van der Waals surface area (Å²) in [5, 5.41) is 11.5. The van der Waals surface area contributed by atoms with Crippen molar-refractivity contribution in [2.75, 3.05) is 11.6 Å². The van der Waals surface area contributed by atoms with Crippen LogP contribution in [0.1, 0.15) is 10.4 Å². The number of anilines is 1. The topological polar surface area (TPSA) is 91.9 Å². The molecule has 2 N–H and O–H groups in total. The van der Waals surface area contributed by atoms with E-state index in [1.54, 1.807) is 18.2 Å². The van der Waals surface area contributed by atoms with E-state index in [0.717, 1.165) is 17.2 Å². The van der Waals surface area contributed by atoms with E-state index in [1.807, 2.05) is 24.3 Å². The second-order valence-electron chi connectivity index (χ2n) is 6.68. The molecule has 9 heteroatoms. The lowest BCUT2D eigenvalue weighted by Crippen LogP contribution is -2.13. The van der Waals surface area contributed by atoms with E-state index < -0.39 is 15.7 Å². The summed E-state index contributed by atoms with van der Waals surface area (Å²) < 4.78 is 23.3. The number of para-hydroxylation sites is 1. The van der Waals surface area contributed by atoms with Crippen molar-refractivity contribution in [2.24, 2.45) is 0 Å². The molecule has 0 saturated heterocycles. The average Bonchev–Trinajstić information content (AvgIpc) is 3.12. The van der Waals surface area contributed by atoms with Gasteiger partial charge in [0.1, 0.15) is 5.69 Å². The first-order valence-electron chi connectivity index (χ1n) is 8.78. The molecule has 0 saturated carbocycles. The van der Waals surface area contributed by atoms with Crippen molar-refractivity contribution in [1.82, 2.24) is 10.2 Å². The minimum absolute atomic E-state index is 0.0444. The van der Waals surface area contributed by atoms with Crippen LogP contribution in [0.15, 0.2) is 65.6 Å². The molecule has 4 aromatic rings. The average molecular weight is 460 g/mol. The van der Waals surface area contributed by atoms with Crippen LogP contribution in [0.25, 0.3) is 22.2 Å². The Morgan fingerprint density at radius 1 is 1.00 bits per heavy atom. The summed E-state index contributed by atoms with van der Waals surface area (Å²) in [7, 11) is -3.42. The van der Waals surface area contributed by atoms with E-state index in [0.29, 0.717) is 22.0 Å². The molecule has 1 amide bonds. The second-order valence-corrected chi connectivity index (χ2v) is 9.51. The number of H-pyrrole nitrogens is 1. The Labute approximate surface area is 182 Å². The monoisotopic (exact) mass is 459 g/mol. The number of hydrogen-bond donors (Lipinski definition) is 2. The summed E-state index contributed by atoms with van der Waals surface area (Å²) in [6.45, 7) is 0. The zero-order valence-corrected chi connectivity index (χ0v) is 17.9. The quantitative estimate of drug-likeness (QED) is 0.438. The van der Waals surface area contributed by atoms with Gasteiger partial charge in [-0.1, -0.05) is 41.4 Å². The fraction of sp³-hybridized carbons (Fsp3) is 0.0476. The minimum Gasteiger partial charge on any atom is -0.322 e. The third-order valence-corrected chi connectivity index (χ3v) is 6.32. The van der Waals surface area contributed by atoms with E-state index in [1.165, 1.54) is 18.2 Å². The van der Waals surface area contributed by atoms with Crippen LogP contribution >= 0.6 is 23.2 Å². The Morgan fingerprint density at radius 2 is 1.77 bits per heavy atom. The van der Waals surface area contributed by atoms with Crippen molar-refractivity contribution in [2.45, 2.75) is 4.90 Å². The van der Waals surface area contributed by atoms with Crippen LogP contribution in [0.2, 0.25) is 10.0 Å². The van der Waals surface area contributed by atoms with Gasteiger partial charge in [0.2, 0.25) is 0 Å². The highest BCUT2D eigenvalue weighted by Crippen LogP contribution is 2.34. The van der Waals surface area contributed by atoms with E-state index >= 15 is 0 Å². The van der Waals surface area contributed by atoms with Crippen LogP contribution in [0, 0.1) is 0 Å². The second kappa shape index (κ2) is 7.75. The highest BCUT2D eigenvalue weighted by atomic mass is 35.5. The third-order valence-electron chi connectivity index (χ3n) is 4.56. The van der Waals surface area contributed by atoms with Crippen LogP contribution in [0.3, 0.4) is 0 Å². The lowest BCUT2D eigenvalue weighted by Gasteiger charge is -2.10. The normalized spacial score (nSPS) is 11.6. The largest absolute Gasteiger partial charge is 0.322 e. The Morgan fingerprint density at radius 3 is 2.50 bits per heavy atom. The van der Waals surface area contributed by atoms with Gasteiger partial charge in [0.05, 0.1) is 26.0 Å². The summed E-state index contributed by atoms with van der Waals surface area (Å²) in [6.07, 6.45) is 1.08. The number of rotatable bonds is 4. The lowest BCUT2D eigenvalue weighted by atomic mass is 10.1. The first-order valence-corrected chi connectivity index (χ1v) is 11.4. The number of carbonyl (C=O) groups is 1. The maximum atomic E-state index is 12.7. The van der Waals surface area contributed by atoms with Crippen LogP contribution in [0.4, 0.5) is 5.69 Å². The first-order chi connectivity index (χ1) is 14.2. The Hall–Kier alpha value is -2.87. The summed E-state index contributed by atoms with van der Waals surface area (Å²) in [4.78, 5) is 12.7. The Bertz CT molecular complexity index is 1400. The van der Waals surface area contributed by atoms with Gasteiger partial charge in [-0.25, -0.2) is 8.42 Å². The third kappa shape index (κ3) is 3.92. The van der Waals surface area contributed by atoms with Gasteiger partial charge in [-0.3, -0.25) is 9.89 Å². The van der Waals surface area contributed by atoms with Gasteiger partial charge >= 0.3 is 0 Å². The van der Waals surface area contributed by atoms with Gasteiger partial charge in [0.25, 0.3) is 5.91 Å². The molecule has 6 nitrogen and oxygen atoms in total. The molecule has 1 heterocycles. The predicted molar refractivity (Wildman–Crippen MR) is 119 cm³/mol. The number of amides is 1. The molecule has 0 fully saturated rings. The van der Waals surface area contributed by atoms with Crippen LogP contribution in [-0.2, 0) is 9.84 Å². The van der Waals surface area contributed by atoms with Crippen molar-refractivity contribution >= 4 is 55.5 Å². The Balaban J connectivity index is 1.66. The van der Waals surface area contributed by atoms with Crippen molar-refractivity contribution in [3.63, 3.8) is 0 Å². The fourth-order valence-electron chi connectivity index (χ4n) is 3.06. The molecule has 0 aliphatic carbocycles. The first kappa shape index (κ1) is 20.4. The molecular formula is C21H15Cl2N3O3S. The van der Waals surface area contributed by atoms with Crippen molar-refractivity contribution in [1.29, 1.82) is 0 Å². The maximum Gasteiger partial charge on any atom is 0.257 e. The number of fused-ring (bicyclic) bond motifs is 1. The number of carbonyl (C=O) groups excluding carboxylic acids is 1. The molecule has 3 aromatic carbocycles. The SMILES string of the molecule is CS(=O)(=O)c1ccc(C(=O)Nc2ccc(Cl)c(-c3n[nH]c4ccccc34)c2)c(Cl)c1. The van der Waals surface area contributed by atoms with Gasteiger partial charge in [-0.2, -0.15) is 5.10 Å². The van der Waals surface area contributed by atoms with E-state index in [-0.39, 0.29) is 15.5 Å². The Kier molecular flexibility index (Phi) is 5.27. The number of halogens is 2. The molecular weight excluding hydrogens is 445 g/mol. The van der Waals surface area contributed by atoms with Crippen LogP contribution < -0.4 is 5.32 Å². The zero-order chi connectivity index (χ0) is 21.5. The van der Waals surface area contributed by atoms with Crippen LogP contribution in [0.5, 0.6) is 0 Å². The highest BCUT2D eigenvalue weighted by molar-refractivity contribution is 7.90. The van der Waals surface area contributed by atoms with E-state index in [4.69, 9.17) is 23.2 Å². The summed E-state index contributed by atoms with van der Waals surface area (Å²) in [5.41, 5.74) is 2.85. The number of sulfone groups is 1. The van der Waals surface area contributed by atoms with Gasteiger partial charge in [0, 0.05) is 22.9 Å². The standard InChI is InChI=1S/C21H15Cl2N3O3S/c1-30(28,29)13-7-8-14(18(23)11-13)21(27)24-12-6-9-17(22)16(10-12)20-15-4-2-3-5-19(15)25-26-20/h2-11H,1H3,(H,24,27)(H,25,26). The number of benzene rings is 3. The predicted octanol–water partition coefficient (Wildman–Crippen LogP) is 5.19. The molecule has 0 atom stereocenters. The van der Waals surface area contributed by atoms with E-state index in [2.05, 4.69) is 15.5 Å². The van der Waals surface area contributed by atoms with Gasteiger partial charge in [-0.05, 0) is 42.5 Å².